The number of amides is 1. The molecule has 0 bridgehead atoms. The Bertz CT molecular complexity index is 1640. The molecule has 3 N–H and O–H groups in total. The Labute approximate surface area is 227 Å². The van der Waals surface area contributed by atoms with Crippen LogP contribution in [0, 0.1) is 12.3 Å². The molecular formula is C30H32N8O. The molecule has 1 atom stereocenters. The molecule has 9 nitrogen and oxygen atoms in total. The summed E-state index contributed by atoms with van der Waals surface area (Å²) in [6, 6.07) is 13.1. The molecule has 39 heavy (non-hydrogen) atoms. The number of nitrogens with one attached hydrogen (secondary N) is 1. The predicted octanol–water partition coefficient (Wildman–Crippen LogP) is 3.93. The van der Waals surface area contributed by atoms with Crippen molar-refractivity contribution in [2.75, 3.05) is 40.9 Å². The largest absolute Gasteiger partial charge is 0.355 e. The number of aromatic nitrogens is 4. The predicted molar refractivity (Wildman–Crippen MR) is 151 cm³/mol. The van der Waals surface area contributed by atoms with E-state index in [1.807, 2.05) is 11.1 Å². The number of benzene rings is 2. The highest BCUT2D eigenvalue weighted by molar-refractivity contribution is 6.03. The molecule has 0 saturated carbocycles. The van der Waals surface area contributed by atoms with Crippen molar-refractivity contribution in [1.82, 2.24) is 20.2 Å². The van der Waals surface area contributed by atoms with Crippen LogP contribution in [0.1, 0.15) is 47.6 Å². The standard InChI is InChI=1S/C30H32N8O/c1-18-5-6-20-16-30(27(31)21(20)15-18)9-11-36(12-10-30)23-17-32-25-28(33-23)34-35-29(25)37-13-14-38-24(39)8-7-19-3-2-4-22(37)26(19)38/h2-6,15,17,27H,7-14,16,31H2,1H3,(H,33,34,35)/t27-/m1/s1. The van der Waals surface area contributed by atoms with Gasteiger partial charge in [0.05, 0.1) is 17.6 Å². The first-order valence-corrected chi connectivity index (χ1v) is 14.0. The number of carbonyl (C=O) groups excluding carboxylic acids is 1. The number of carbonyl (C=O) groups is 1. The summed E-state index contributed by atoms with van der Waals surface area (Å²) in [7, 11) is 0. The lowest BCUT2D eigenvalue weighted by Gasteiger charge is -2.42. The molecule has 1 spiro atoms. The van der Waals surface area contributed by atoms with E-state index in [2.05, 4.69) is 63.3 Å². The van der Waals surface area contributed by atoms with Gasteiger partial charge in [0.2, 0.25) is 5.91 Å². The molecule has 9 heteroatoms. The Morgan fingerprint density at radius 2 is 1.87 bits per heavy atom. The van der Waals surface area contributed by atoms with Crippen LogP contribution in [0.3, 0.4) is 0 Å². The summed E-state index contributed by atoms with van der Waals surface area (Å²) in [6.07, 6.45) is 6.38. The van der Waals surface area contributed by atoms with Crippen molar-refractivity contribution in [2.45, 2.75) is 45.1 Å². The zero-order valence-electron chi connectivity index (χ0n) is 22.2. The van der Waals surface area contributed by atoms with Gasteiger partial charge < -0.3 is 20.4 Å². The van der Waals surface area contributed by atoms with E-state index < -0.39 is 0 Å². The van der Waals surface area contributed by atoms with Gasteiger partial charge >= 0.3 is 0 Å². The van der Waals surface area contributed by atoms with Gasteiger partial charge in [-0.25, -0.2) is 9.97 Å². The number of aromatic amines is 1. The summed E-state index contributed by atoms with van der Waals surface area (Å²) in [4.78, 5) is 28.8. The Hall–Kier alpha value is -3.98. The van der Waals surface area contributed by atoms with E-state index in [9.17, 15) is 4.79 Å². The summed E-state index contributed by atoms with van der Waals surface area (Å²) < 4.78 is 0. The van der Waals surface area contributed by atoms with Gasteiger partial charge in [0.15, 0.2) is 17.0 Å². The third-order valence-corrected chi connectivity index (χ3v) is 9.53. The van der Waals surface area contributed by atoms with Crippen LogP contribution in [-0.4, -0.2) is 52.3 Å². The van der Waals surface area contributed by atoms with Crippen LogP contribution in [0.15, 0.2) is 42.6 Å². The molecule has 0 radical (unpaired) electrons. The lowest BCUT2D eigenvalue weighted by Crippen LogP contribution is -2.45. The third-order valence-electron chi connectivity index (χ3n) is 9.53. The van der Waals surface area contributed by atoms with Gasteiger partial charge in [-0.15, -0.1) is 0 Å². The van der Waals surface area contributed by atoms with Crippen LogP contribution in [0.5, 0.6) is 0 Å². The number of nitrogens with zero attached hydrogens (tertiary/aromatic N) is 6. The molecule has 2 aromatic carbocycles. The molecular weight excluding hydrogens is 488 g/mol. The van der Waals surface area contributed by atoms with Crippen molar-refractivity contribution in [2.24, 2.45) is 11.1 Å². The van der Waals surface area contributed by atoms with E-state index in [1.165, 1.54) is 22.3 Å². The topological polar surface area (TPSA) is 107 Å². The Morgan fingerprint density at radius 3 is 2.74 bits per heavy atom. The van der Waals surface area contributed by atoms with Crippen LogP contribution in [0.2, 0.25) is 0 Å². The molecule has 1 amide bonds. The zero-order chi connectivity index (χ0) is 26.3. The minimum absolute atomic E-state index is 0.0952. The molecule has 8 rings (SSSR count). The average Bonchev–Trinajstić information content (AvgIpc) is 3.49. The highest BCUT2D eigenvalue weighted by Crippen LogP contribution is 2.51. The zero-order valence-corrected chi connectivity index (χ0v) is 22.2. The third kappa shape index (κ3) is 3.35. The summed E-state index contributed by atoms with van der Waals surface area (Å²) in [5.74, 6) is 1.84. The number of fused-ring (bicyclic) bond motifs is 2. The lowest BCUT2D eigenvalue weighted by atomic mass is 9.73. The number of H-pyrrole nitrogens is 1. The lowest BCUT2D eigenvalue weighted by molar-refractivity contribution is -0.118. The summed E-state index contributed by atoms with van der Waals surface area (Å²) in [5, 5.41) is 7.80. The quantitative estimate of drug-likeness (QED) is 0.412. The summed E-state index contributed by atoms with van der Waals surface area (Å²) in [5.41, 5.74) is 15.7. The van der Waals surface area contributed by atoms with Crippen molar-refractivity contribution in [3.63, 3.8) is 0 Å². The molecule has 2 aromatic heterocycles. The molecule has 3 aliphatic heterocycles. The van der Waals surface area contributed by atoms with Crippen molar-refractivity contribution >= 4 is 40.1 Å². The molecule has 4 aliphatic rings. The Morgan fingerprint density at radius 1 is 1.03 bits per heavy atom. The van der Waals surface area contributed by atoms with Crippen LogP contribution in [-0.2, 0) is 17.6 Å². The maximum absolute atomic E-state index is 12.6. The van der Waals surface area contributed by atoms with Crippen LogP contribution in [0.4, 0.5) is 23.0 Å². The molecule has 5 heterocycles. The number of aryl methyl sites for hydroxylation is 2. The van der Waals surface area contributed by atoms with Crippen molar-refractivity contribution in [3.8, 4) is 0 Å². The van der Waals surface area contributed by atoms with Crippen LogP contribution >= 0.6 is 0 Å². The van der Waals surface area contributed by atoms with Crippen molar-refractivity contribution in [1.29, 1.82) is 0 Å². The number of para-hydroxylation sites is 1. The number of rotatable bonds is 2. The van der Waals surface area contributed by atoms with E-state index in [1.54, 1.807) is 0 Å². The van der Waals surface area contributed by atoms with Gasteiger partial charge in [0.1, 0.15) is 5.82 Å². The fourth-order valence-corrected chi connectivity index (χ4v) is 7.36. The molecule has 1 aliphatic carbocycles. The molecule has 0 unspecified atom stereocenters. The first kappa shape index (κ1) is 23.0. The first-order valence-electron chi connectivity index (χ1n) is 14.0. The second kappa shape index (κ2) is 8.26. The van der Waals surface area contributed by atoms with Gasteiger partial charge in [-0.05, 0) is 60.8 Å². The van der Waals surface area contributed by atoms with Gasteiger partial charge in [-0.3, -0.25) is 9.89 Å². The summed E-state index contributed by atoms with van der Waals surface area (Å²) >= 11 is 0. The fraction of sp³-hybridized carbons (Fsp3) is 0.400. The smallest absolute Gasteiger partial charge is 0.227 e. The maximum atomic E-state index is 12.6. The van der Waals surface area contributed by atoms with Gasteiger partial charge in [-0.1, -0.05) is 35.9 Å². The van der Waals surface area contributed by atoms with Gasteiger partial charge in [0, 0.05) is 38.6 Å². The van der Waals surface area contributed by atoms with Crippen molar-refractivity contribution in [3.05, 3.63) is 64.8 Å². The van der Waals surface area contributed by atoms with E-state index >= 15 is 0 Å². The number of hydrogen-bond donors (Lipinski definition) is 2. The minimum Gasteiger partial charge on any atom is -0.355 e. The second-order valence-electron chi connectivity index (χ2n) is 11.7. The highest BCUT2D eigenvalue weighted by Gasteiger charge is 2.46. The second-order valence-corrected chi connectivity index (χ2v) is 11.7. The number of nitrogens with two attached hydrogens (primary N) is 1. The molecule has 198 valence electrons. The van der Waals surface area contributed by atoms with Crippen molar-refractivity contribution < 1.29 is 4.79 Å². The van der Waals surface area contributed by atoms with Crippen LogP contribution < -0.4 is 20.4 Å². The van der Waals surface area contributed by atoms with E-state index in [4.69, 9.17) is 15.7 Å². The first-order chi connectivity index (χ1) is 19.0. The Balaban J connectivity index is 1.05. The minimum atomic E-state index is 0.0952. The molecule has 4 aromatic rings. The van der Waals surface area contributed by atoms with E-state index in [-0.39, 0.29) is 17.4 Å². The van der Waals surface area contributed by atoms with E-state index in [0.29, 0.717) is 25.2 Å². The summed E-state index contributed by atoms with van der Waals surface area (Å²) in [6.45, 7) is 5.28. The number of anilines is 4. The molecule has 1 fully saturated rings. The van der Waals surface area contributed by atoms with Gasteiger partial charge in [-0.2, -0.15) is 5.10 Å². The number of piperidine rings is 1. The van der Waals surface area contributed by atoms with E-state index in [0.717, 1.165) is 67.3 Å². The normalized spacial score (nSPS) is 21.5. The highest BCUT2D eigenvalue weighted by atomic mass is 16.2. The van der Waals surface area contributed by atoms with Crippen LogP contribution in [0.25, 0.3) is 11.2 Å². The average molecular weight is 521 g/mol. The number of hydrogen-bond acceptors (Lipinski definition) is 7. The fourth-order valence-electron chi connectivity index (χ4n) is 7.36. The Kier molecular flexibility index (Phi) is 4.86. The SMILES string of the molecule is Cc1ccc2c(c1)[C@@H](N)C1(CCN(c3cnc4c(N5CCN6C(=O)CCc7cccc5c76)n[nH]c4n3)CC1)C2. The van der Waals surface area contributed by atoms with Gasteiger partial charge in [0.25, 0.3) is 0 Å². The maximum Gasteiger partial charge on any atom is 0.227 e. The molecule has 1 saturated heterocycles. The monoisotopic (exact) mass is 520 g/mol.